The average molecular weight is 597 g/mol. The van der Waals surface area contributed by atoms with Gasteiger partial charge in [-0.1, -0.05) is 93.7 Å². The zero-order valence-corrected chi connectivity index (χ0v) is 30.6. The van der Waals surface area contributed by atoms with Gasteiger partial charge in [-0.3, -0.25) is 0 Å². The molecule has 6 rings (SSSR count). The van der Waals surface area contributed by atoms with Crippen LogP contribution in [0.1, 0.15) is 132 Å². The highest BCUT2D eigenvalue weighted by atomic mass is 28.3. The molecular formula is C39H72N2Si. The van der Waals surface area contributed by atoms with E-state index in [1.807, 2.05) is 0 Å². The minimum atomic E-state index is -1.39. The maximum atomic E-state index is 4.17. The highest BCUT2D eigenvalue weighted by Crippen LogP contribution is 2.65. The van der Waals surface area contributed by atoms with Gasteiger partial charge in [-0.15, -0.1) is 0 Å². The summed E-state index contributed by atoms with van der Waals surface area (Å²) in [6.45, 7) is 25.9. The third-order valence-corrected chi connectivity index (χ3v) is 20.9. The van der Waals surface area contributed by atoms with Gasteiger partial charge in [0.2, 0.25) is 0 Å². The van der Waals surface area contributed by atoms with E-state index >= 15 is 0 Å². The van der Waals surface area contributed by atoms with Crippen LogP contribution in [-0.4, -0.2) is 33.2 Å². The Morgan fingerprint density at radius 1 is 0.524 bits per heavy atom. The van der Waals surface area contributed by atoms with E-state index in [0.29, 0.717) is 10.8 Å². The van der Waals surface area contributed by atoms with Gasteiger partial charge in [-0.25, -0.2) is 0 Å². The van der Waals surface area contributed by atoms with Gasteiger partial charge in [0.25, 0.3) is 0 Å². The summed E-state index contributed by atoms with van der Waals surface area (Å²) in [5.74, 6) is 8.79. The van der Waals surface area contributed by atoms with Crippen molar-refractivity contribution in [1.82, 2.24) is 10.6 Å². The lowest BCUT2D eigenvalue weighted by Gasteiger charge is -2.50. The molecule has 0 aromatic heterocycles. The van der Waals surface area contributed by atoms with E-state index < -0.39 is 8.07 Å². The largest absolute Gasteiger partial charge is 0.313 e. The van der Waals surface area contributed by atoms with Gasteiger partial charge in [0.15, 0.2) is 0 Å². The maximum absolute atomic E-state index is 4.17. The second kappa shape index (κ2) is 12.1. The van der Waals surface area contributed by atoms with Crippen LogP contribution in [0.25, 0.3) is 0 Å². The van der Waals surface area contributed by atoms with Crippen molar-refractivity contribution in [2.75, 3.05) is 13.1 Å². The van der Waals surface area contributed by atoms with Crippen molar-refractivity contribution in [1.29, 1.82) is 0 Å². The first kappa shape index (κ1) is 32.1. The summed E-state index contributed by atoms with van der Waals surface area (Å²) in [6, 6.07) is 1.62. The second-order valence-corrected chi connectivity index (χ2v) is 24.9. The van der Waals surface area contributed by atoms with Crippen molar-refractivity contribution in [2.24, 2.45) is 64.1 Å². The fourth-order valence-corrected chi connectivity index (χ4v) is 19.4. The second-order valence-electron chi connectivity index (χ2n) is 19.9. The van der Waals surface area contributed by atoms with Crippen molar-refractivity contribution in [3.63, 3.8) is 0 Å². The molecule has 2 heterocycles. The highest BCUT2D eigenvalue weighted by molar-refractivity contribution is 6.80. The predicted octanol–water partition coefficient (Wildman–Crippen LogP) is 10.2. The van der Waals surface area contributed by atoms with E-state index in [9.17, 15) is 0 Å². The van der Waals surface area contributed by atoms with Crippen LogP contribution in [0.5, 0.6) is 0 Å². The van der Waals surface area contributed by atoms with Crippen LogP contribution < -0.4 is 10.6 Å². The lowest BCUT2D eigenvalue weighted by molar-refractivity contribution is 0.0888. The SMILES string of the molecule is CC1CC2C(C3CCC(C(C)(C)C)CN3)CCCC2C1[Si](C)(C)C1CCC2C(C3CCC(C(C)(C)C)CN3)CCCC21. The Hall–Kier alpha value is 0.137. The molecular weight excluding hydrogens is 525 g/mol. The van der Waals surface area contributed by atoms with E-state index in [1.165, 1.54) is 64.5 Å². The molecule has 13 unspecified atom stereocenters. The molecule has 0 amide bonds. The molecule has 4 aliphatic carbocycles. The van der Waals surface area contributed by atoms with Gasteiger partial charge in [0, 0.05) is 12.1 Å². The number of hydrogen-bond donors (Lipinski definition) is 2. The molecule has 2 N–H and O–H groups in total. The van der Waals surface area contributed by atoms with E-state index in [4.69, 9.17) is 0 Å². The van der Waals surface area contributed by atoms with Gasteiger partial charge >= 0.3 is 0 Å². The number of rotatable bonds is 4. The monoisotopic (exact) mass is 597 g/mol. The maximum Gasteiger partial charge on any atom is 0.0544 e. The molecule has 2 nitrogen and oxygen atoms in total. The Kier molecular flexibility index (Phi) is 9.21. The molecule has 0 radical (unpaired) electrons. The van der Waals surface area contributed by atoms with Crippen LogP contribution in [0.2, 0.25) is 24.2 Å². The smallest absolute Gasteiger partial charge is 0.0544 e. The van der Waals surface area contributed by atoms with Crippen LogP contribution in [0, 0.1) is 64.1 Å². The van der Waals surface area contributed by atoms with E-state index in [0.717, 1.165) is 76.4 Å². The summed E-state index contributed by atoms with van der Waals surface area (Å²) in [5, 5.41) is 8.33. The Balaban J connectivity index is 1.12. The van der Waals surface area contributed by atoms with Crippen LogP contribution >= 0.6 is 0 Å². The summed E-state index contributed by atoms with van der Waals surface area (Å²) in [5.41, 5.74) is 3.09. The molecule has 6 fully saturated rings. The Morgan fingerprint density at radius 3 is 1.52 bits per heavy atom. The van der Waals surface area contributed by atoms with E-state index in [2.05, 4.69) is 72.2 Å². The van der Waals surface area contributed by atoms with Gasteiger partial charge in [-0.05, 0) is 140 Å². The van der Waals surface area contributed by atoms with Crippen molar-refractivity contribution in [3.05, 3.63) is 0 Å². The lowest BCUT2D eigenvalue weighted by atomic mass is 9.67. The van der Waals surface area contributed by atoms with Crippen molar-refractivity contribution >= 4 is 8.07 Å². The van der Waals surface area contributed by atoms with Gasteiger partial charge in [0.1, 0.15) is 0 Å². The number of nitrogens with one attached hydrogen (secondary N) is 2. The molecule has 242 valence electrons. The van der Waals surface area contributed by atoms with Gasteiger partial charge in [-0.2, -0.15) is 0 Å². The Labute approximate surface area is 263 Å². The summed E-state index contributed by atoms with van der Waals surface area (Å²) >= 11 is 0. The van der Waals surface area contributed by atoms with Crippen molar-refractivity contribution in [3.8, 4) is 0 Å². The van der Waals surface area contributed by atoms with Crippen LogP contribution in [-0.2, 0) is 0 Å². The Bertz CT molecular complexity index is 898. The first-order valence-corrected chi connectivity index (χ1v) is 22.4. The van der Waals surface area contributed by atoms with E-state index in [-0.39, 0.29) is 0 Å². The Morgan fingerprint density at radius 2 is 1.02 bits per heavy atom. The third kappa shape index (κ3) is 6.01. The normalized spacial score (nSPS) is 47.2. The molecule has 0 aromatic carbocycles. The minimum Gasteiger partial charge on any atom is -0.313 e. The molecule has 6 aliphatic rings. The summed E-state index contributed by atoms with van der Waals surface area (Å²) in [4.78, 5) is 0. The standard InChI is InChI=1S/C39H72N2Si/c1-25-22-33-30(35-20-17-27(24-41-35)39(5,6)7)13-11-15-32(33)37(25)42(8,9)36-21-18-28-29(12-10-14-31(28)36)34-19-16-26(23-40-34)38(2,3)4/h25-37,40-41H,10-24H2,1-9H3. The zero-order valence-electron chi connectivity index (χ0n) is 29.6. The quantitative estimate of drug-likeness (QED) is 0.316. The summed E-state index contributed by atoms with van der Waals surface area (Å²) < 4.78 is 0. The number of hydrogen-bond acceptors (Lipinski definition) is 2. The fraction of sp³-hybridized carbons (Fsp3) is 1.00. The molecule has 2 saturated heterocycles. The molecule has 0 spiro atoms. The third-order valence-electron chi connectivity index (χ3n) is 15.6. The molecule has 42 heavy (non-hydrogen) atoms. The van der Waals surface area contributed by atoms with Crippen LogP contribution in [0.4, 0.5) is 0 Å². The van der Waals surface area contributed by atoms with Gasteiger partial charge in [0.05, 0.1) is 8.07 Å². The first-order chi connectivity index (χ1) is 19.8. The summed E-state index contributed by atoms with van der Waals surface area (Å²) in [7, 11) is -1.39. The predicted molar refractivity (Wildman–Crippen MR) is 185 cm³/mol. The summed E-state index contributed by atoms with van der Waals surface area (Å²) in [6.07, 6.45) is 19.7. The molecule has 0 aromatic rings. The van der Waals surface area contributed by atoms with E-state index in [1.54, 1.807) is 32.1 Å². The molecule has 4 saturated carbocycles. The van der Waals surface area contributed by atoms with Gasteiger partial charge < -0.3 is 10.6 Å². The van der Waals surface area contributed by atoms with Crippen molar-refractivity contribution in [2.45, 2.75) is 168 Å². The number of fused-ring (bicyclic) bond motifs is 2. The van der Waals surface area contributed by atoms with Crippen LogP contribution in [0.15, 0.2) is 0 Å². The molecule has 2 aliphatic heterocycles. The lowest BCUT2D eigenvalue weighted by Crippen LogP contribution is -2.51. The topological polar surface area (TPSA) is 24.1 Å². The zero-order chi connectivity index (χ0) is 30.0. The molecule has 3 heteroatoms. The minimum absolute atomic E-state index is 0.453. The fourth-order valence-electron chi connectivity index (χ4n) is 13.4. The average Bonchev–Trinajstić information content (AvgIpc) is 3.53. The van der Waals surface area contributed by atoms with Crippen LogP contribution in [0.3, 0.4) is 0 Å². The number of piperidine rings is 2. The molecule has 13 atom stereocenters. The van der Waals surface area contributed by atoms with Crippen molar-refractivity contribution < 1.29 is 0 Å². The first-order valence-electron chi connectivity index (χ1n) is 19.2. The highest BCUT2D eigenvalue weighted by Gasteiger charge is 2.58. The molecule has 0 bridgehead atoms.